The van der Waals surface area contributed by atoms with Crippen molar-refractivity contribution in [2.45, 2.75) is 0 Å². The minimum absolute atomic E-state index is 0.0490. The van der Waals surface area contributed by atoms with Gasteiger partial charge in [0.2, 0.25) is 5.91 Å². The number of amides is 1. The first kappa shape index (κ1) is 13.5. The van der Waals surface area contributed by atoms with Crippen LogP contribution >= 0.6 is 0 Å². The number of hydrogen-bond acceptors (Lipinski definition) is 4. The Morgan fingerprint density at radius 2 is 1.80 bits per heavy atom. The van der Waals surface area contributed by atoms with Crippen LogP contribution in [0.15, 0.2) is 48.5 Å². The molecule has 0 radical (unpaired) electrons. The summed E-state index contributed by atoms with van der Waals surface area (Å²) in [6.45, 7) is 0. The molecule has 2 aromatic rings. The van der Waals surface area contributed by atoms with Gasteiger partial charge in [-0.05, 0) is 48.5 Å². The van der Waals surface area contributed by atoms with Crippen LogP contribution in [0.3, 0.4) is 0 Å². The van der Waals surface area contributed by atoms with E-state index in [0.717, 1.165) is 0 Å². The highest BCUT2D eigenvalue weighted by atomic mass is 16.3. The largest absolute Gasteiger partial charge is 0.508 e. The summed E-state index contributed by atoms with van der Waals surface area (Å²) in [6, 6.07) is 10.7. The van der Waals surface area contributed by atoms with Gasteiger partial charge >= 0.3 is 0 Å². The van der Waals surface area contributed by atoms with Crippen LogP contribution in [-0.2, 0) is 4.79 Å². The summed E-state index contributed by atoms with van der Waals surface area (Å²) in [6.07, 6.45) is 2.77. The molecule has 0 saturated carbocycles. The van der Waals surface area contributed by atoms with E-state index in [1.165, 1.54) is 30.4 Å². The van der Waals surface area contributed by atoms with Crippen molar-refractivity contribution < 1.29 is 15.0 Å². The van der Waals surface area contributed by atoms with E-state index < -0.39 is 0 Å². The first-order chi connectivity index (χ1) is 9.54. The number of rotatable bonds is 3. The molecule has 2 aromatic carbocycles. The van der Waals surface area contributed by atoms with E-state index >= 15 is 0 Å². The molecule has 0 saturated heterocycles. The third kappa shape index (κ3) is 3.52. The lowest BCUT2D eigenvalue weighted by Gasteiger charge is -2.03. The second-order valence-electron chi connectivity index (χ2n) is 4.19. The predicted octanol–water partition coefficient (Wildman–Crippen LogP) is 2.33. The maximum absolute atomic E-state index is 11.7. The first-order valence-electron chi connectivity index (χ1n) is 5.91. The number of nitrogens with one attached hydrogen (secondary N) is 1. The van der Waals surface area contributed by atoms with Crippen molar-refractivity contribution in [2.24, 2.45) is 0 Å². The maximum Gasteiger partial charge on any atom is 0.248 e. The van der Waals surface area contributed by atoms with E-state index in [0.29, 0.717) is 16.9 Å². The Balaban J connectivity index is 2.05. The fourth-order valence-electron chi connectivity index (χ4n) is 1.60. The second-order valence-corrected chi connectivity index (χ2v) is 4.19. The van der Waals surface area contributed by atoms with Crippen LogP contribution in [0.25, 0.3) is 6.08 Å². The molecule has 5 nitrogen and oxygen atoms in total. The number of aromatic hydroxyl groups is 2. The Bertz CT molecular complexity index is 649. The minimum atomic E-state index is -0.350. The minimum Gasteiger partial charge on any atom is -0.508 e. The molecule has 0 aliphatic heterocycles. The summed E-state index contributed by atoms with van der Waals surface area (Å²) < 4.78 is 0. The number of anilines is 2. The number of nitrogen functional groups attached to an aromatic ring is 1. The lowest BCUT2D eigenvalue weighted by atomic mass is 10.1. The zero-order chi connectivity index (χ0) is 14.5. The highest BCUT2D eigenvalue weighted by Crippen LogP contribution is 2.21. The van der Waals surface area contributed by atoms with E-state index in [2.05, 4.69) is 5.32 Å². The zero-order valence-corrected chi connectivity index (χ0v) is 10.6. The van der Waals surface area contributed by atoms with Crippen molar-refractivity contribution in [3.63, 3.8) is 0 Å². The van der Waals surface area contributed by atoms with Gasteiger partial charge < -0.3 is 21.3 Å². The van der Waals surface area contributed by atoms with Gasteiger partial charge in [0, 0.05) is 23.0 Å². The van der Waals surface area contributed by atoms with Crippen molar-refractivity contribution in [2.75, 3.05) is 11.1 Å². The molecular weight excluding hydrogens is 256 g/mol. The Morgan fingerprint density at radius 3 is 2.50 bits per heavy atom. The molecular formula is C15H14N2O3. The molecule has 0 spiro atoms. The number of benzene rings is 2. The quantitative estimate of drug-likeness (QED) is 0.391. The molecule has 0 heterocycles. The number of phenolic OH excluding ortho intramolecular Hbond substituents is 2. The molecule has 102 valence electrons. The number of carbonyl (C=O) groups excluding carboxylic acids is 1. The van der Waals surface area contributed by atoms with Crippen molar-refractivity contribution in [3.8, 4) is 11.5 Å². The molecule has 0 aliphatic carbocycles. The molecule has 5 N–H and O–H groups in total. The van der Waals surface area contributed by atoms with E-state index in [9.17, 15) is 9.90 Å². The first-order valence-corrected chi connectivity index (χ1v) is 5.91. The van der Waals surface area contributed by atoms with Gasteiger partial charge in [0.1, 0.15) is 11.5 Å². The smallest absolute Gasteiger partial charge is 0.248 e. The molecule has 0 bridgehead atoms. The van der Waals surface area contributed by atoms with E-state index in [-0.39, 0.29) is 17.4 Å². The Kier molecular flexibility index (Phi) is 3.91. The highest BCUT2D eigenvalue weighted by molar-refractivity contribution is 6.02. The normalized spacial score (nSPS) is 10.6. The lowest BCUT2D eigenvalue weighted by Crippen LogP contribution is -2.07. The zero-order valence-electron chi connectivity index (χ0n) is 10.6. The highest BCUT2D eigenvalue weighted by Gasteiger charge is 2.00. The summed E-state index contributed by atoms with van der Waals surface area (Å²) in [5.41, 5.74) is 7.13. The van der Waals surface area contributed by atoms with Gasteiger partial charge in [-0.1, -0.05) is 0 Å². The summed E-state index contributed by atoms with van der Waals surface area (Å²) in [5.74, 6) is -0.173. The van der Waals surface area contributed by atoms with Gasteiger partial charge in [-0.15, -0.1) is 0 Å². The van der Waals surface area contributed by atoms with Crippen LogP contribution in [-0.4, -0.2) is 16.1 Å². The van der Waals surface area contributed by atoms with Crippen LogP contribution in [0.1, 0.15) is 5.56 Å². The Labute approximate surface area is 116 Å². The monoisotopic (exact) mass is 270 g/mol. The fraction of sp³-hybridized carbons (Fsp3) is 0. The van der Waals surface area contributed by atoms with Gasteiger partial charge in [-0.2, -0.15) is 0 Å². The van der Waals surface area contributed by atoms with Crippen LogP contribution in [0.5, 0.6) is 11.5 Å². The number of hydrogen-bond donors (Lipinski definition) is 4. The Morgan fingerprint density at radius 1 is 1.10 bits per heavy atom. The molecule has 0 aliphatic rings. The van der Waals surface area contributed by atoms with Crippen LogP contribution in [0.2, 0.25) is 0 Å². The van der Waals surface area contributed by atoms with Gasteiger partial charge in [0.25, 0.3) is 0 Å². The number of nitrogens with two attached hydrogens (primary N) is 1. The Hall–Kier alpha value is -2.95. The van der Waals surface area contributed by atoms with Crippen molar-refractivity contribution in [1.29, 1.82) is 0 Å². The SMILES string of the molecule is Nc1ccc(O)c(/C=C/C(=O)Nc2ccc(O)cc2)c1. The maximum atomic E-state index is 11.7. The lowest BCUT2D eigenvalue weighted by molar-refractivity contribution is -0.111. The van der Waals surface area contributed by atoms with Crippen LogP contribution in [0, 0.1) is 0 Å². The molecule has 20 heavy (non-hydrogen) atoms. The van der Waals surface area contributed by atoms with Crippen molar-refractivity contribution in [1.82, 2.24) is 0 Å². The van der Waals surface area contributed by atoms with Gasteiger partial charge in [-0.3, -0.25) is 4.79 Å². The van der Waals surface area contributed by atoms with Crippen molar-refractivity contribution >= 4 is 23.4 Å². The number of carbonyl (C=O) groups is 1. The molecule has 0 atom stereocenters. The molecule has 0 aromatic heterocycles. The van der Waals surface area contributed by atoms with Crippen LogP contribution < -0.4 is 11.1 Å². The van der Waals surface area contributed by atoms with Crippen LogP contribution in [0.4, 0.5) is 11.4 Å². The van der Waals surface area contributed by atoms with E-state index in [4.69, 9.17) is 10.8 Å². The van der Waals surface area contributed by atoms with Crippen molar-refractivity contribution in [3.05, 3.63) is 54.1 Å². The average Bonchev–Trinajstić information content (AvgIpc) is 2.42. The van der Waals surface area contributed by atoms with E-state index in [1.807, 2.05) is 0 Å². The third-order valence-electron chi connectivity index (χ3n) is 2.60. The van der Waals surface area contributed by atoms with Gasteiger partial charge in [0.15, 0.2) is 0 Å². The molecule has 1 amide bonds. The summed E-state index contributed by atoms with van der Waals surface area (Å²) in [5, 5.41) is 21.4. The number of phenols is 2. The van der Waals surface area contributed by atoms with E-state index in [1.54, 1.807) is 24.3 Å². The van der Waals surface area contributed by atoms with Gasteiger partial charge in [-0.25, -0.2) is 0 Å². The molecule has 0 unspecified atom stereocenters. The average molecular weight is 270 g/mol. The molecule has 5 heteroatoms. The summed E-state index contributed by atoms with van der Waals surface area (Å²) >= 11 is 0. The predicted molar refractivity (Wildman–Crippen MR) is 78.3 cm³/mol. The fourth-order valence-corrected chi connectivity index (χ4v) is 1.60. The summed E-state index contributed by atoms with van der Waals surface area (Å²) in [4.78, 5) is 11.7. The summed E-state index contributed by atoms with van der Waals surface area (Å²) in [7, 11) is 0. The topological polar surface area (TPSA) is 95.6 Å². The third-order valence-corrected chi connectivity index (χ3v) is 2.60. The van der Waals surface area contributed by atoms with Gasteiger partial charge in [0.05, 0.1) is 0 Å². The molecule has 2 rings (SSSR count). The molecule has 0 fully saturated rings. The second kappa shape index (κ2) is 5.79. The standard InChI is InChI=1S/C15H14N2O3/c16-11-2-7-14(19)10(9-11)1-8-15(20)17-12-3-5-13(18)6-4-12/h1-9,18-19H,16H2,(H,17,20)/b8-1+.